The molecular weight excluding hydrogens is 376 g/mol. The molecular formula is C20H22N4O3S. The van der Waals surface area contributed by atoms with Gasteiger partial charge in [0, 0.05) is 24.5 Å². The number of sulfonamides is 1. The minimum Gasteiger partial charge on any atom is -0.369 e. The van der Waals surface area contributed by atoms with Gasteiger partial charge in [0.25, 0.3) is 5.91 Å². The Labute approximate surface area is 165 Å². The third kappa shape index (κ3) is 5.94. The average Bonchev–Trinajstić information content (AvgIpc) is 2.65. The van der Waals surface area contributed by atoms with Crippen LogP contribution in [0.2, 0.25) is 0 Å². The molecule has 0 atom stereocenters. The van der Waals surface area contributed by atoms with E-state index in [4.69, 9.17) is 5.14 Å². The Balaban J connectivity index is 2.17. The van der Waals surface area contributed by atoms with E-state index in [-0.39, 0.29) is 16.5 Å². The van der Waals surface area contributed by atoms with E-state index in [1.807, 2.05) is 55.1 Å². The summed E-state index contributed by atoms with van der Waals surface area (Å²) < 4.78 is 22.6. The van der Waals surface area contributed by atoms with Gasteiger partial charge in [-0.1, -0.05) is 30.3 Å². The standard InChI is InChI=1S/C20H22N4O3S/c1-15(2)24(13-16-6-4-3-5-7-16)14-17(12-21)20(25)23-18-8-10-19(11-9-18)28(22,26)27/h3-11,14-15H,13H2,1-2H3,(H,23,25)(H2,22,26,27)/b17-14-. The number of anilines is 1. The van der Waals surface area contributed by atoms with Crippen LogP contribution in [-0.2, 0) is 21.4 Å². The highest BCUT2D eigenvalue weighted by atomic mass is 32.2. The molecule has 0 saturated heterocycles. The number of benzene rings is 2. The van der Waals surface area contributed by atoms with Crippen molar-refractivity contribution in [3.8, 4) is 6.07 Å². The molecule has 2 rings (SSSR count). The summed E-state index contributed by atoms with van der Waals surface area (Å²) in [4.78, 5) is 14.3. The lowest BCUT2D eigenvalue weighted by atomic mass is 10.2. The Morgan fingerprint density at radius 3 is 2.29 bits per heavy atom. The molecule has 7 nitrogen and oxygen atoms in total. The van der Waals surface area contributed by atoms with Gasteiger partial charge < -0.3 is 10.2 Å². The van der Waals surface area contributed by atoms with Crippen LogP contribution in [0.25, 0.3) is 0 Å². The number of hydrogen-bond donors (Lipinski definition) is 2. The van der Waals surface area contributed by atoms with E-state index in [1.54, 1.807) is 0 Å². The van der Waals surface area contributed by atoms with Gasteiger partial charge in [-0.2, -0.15) is 5.26 Å². The fourth-order valence-corrected chi connectivity index (χ4v) is 2.92. The number of carbonyl (C=O) groups is 1. The van der Waals surface area contributed by atoms with Crippen molar-refractivity contribution in [2.24, 2.45) is 5.14 Å². The lowest BCUT2D eigenvalue weighted by molar-refractivity contribution is -0.112. The molecule has 1 amide bonds. The van der Waals surface area contributed by atoms with Gasteiger partial charge in [-0.3, -0.25) is 4.79 Å². The molecule has 0 bridgehead atoms. The molecule has 0 saturated carbocycles. The first-order chi connectivity index (χ1) is 13.2. The summed E-state index contributed by atoms with van der Waals surface area (Å²) in [5.74, 6) is -0.579. The third-order valence-electron chi connectivity index (χ3n) is 3.97. The van der Waals surface area contributed by atoms with Crippen LogP contribution >= 0.6 is 0 Å². The Hall–Kier alpha value is -3.15. The van der Waals surface area contributed by atoms with Crippen LogP contribution in [0.3, 0.4) is 0 Å². The zero-order chi connectivity index (χ0) is 20.7. The maximum Gasteiger partial charge on any atom is 0.267 e. The summed E-state index contributed by atoms with van der Waals surface area (Å²) in [6.07, 6.45) is 1.53. The molecule has 0 aromatic heterocycles. The number of amides is 1. The third-order valence-corrected chi connectivity index (χ3v) is 4.90. The van der Waals surface area contributed by atoms with Crippen molar-refractivity contribution < 1.29 is 13.2 Å². The highest BCUT2D eigenvalue weighted by Gasteiger charge is 2.14. The fraction of sp³-hybridized carbons (Fsp3) is 0.200. The van der Waals surface area contributed by atoms with Crippen LogP contribution in [0.15, 0.2) is 71.3 Å². The van der Waals surface area contributed by atoms with Crippen LogP contribution in [-0.4, -0.2) is 25.3 Å². The van der Waals surface area contributed by atoms with Crippen LogP contribution in [0.5, 0.6) is 0 Å². The van der Waals surface area contributed by atoms with Gasteiger partial charge in [-0.05, 0) is 43.7 Å². The van der Waals surface area contributed by atoms with Gasteiger partial charge >= 0.3 is 0 Å². The largest absolute Gasteiger partial charge is 0.369 e. The van der Waals surface area contributed by atoms with E-state index in [0.29, 0.717) is 12.2 Å². The fourth-order valence-electron chi connectivity index (χ4n) is 2.40. The highest BCUT2D eigenvalue weighted by Crippen LogP contribution is 2.15. The van der Waals surface area contributed by atoms with Gasteiger partial charge in [0.1, 0.15) is 11.6 Å². The summed E-state index contributed by atoms with van der Waals surface area (Å²) in [6, 6.07) is 17.1. The zero-order valence-corrected chi connectivity index (χ0v) is 16.5. The first-order valence-electron chi connectivity index (χ1n) is 8.56. The van der Waals surface area contributed by atoms with Crippen molar-refractivity contribution >= 4 is 21.6 Å². The Bertz CT molecular complexity index is 992. The van der Waals surface area contributed by atoms with Crippen LogP contribution < -0.4 is 10.5 Å². The second kappa shape index (κ2) is 9.17. The number of primary sulfonamides is 1. The van der Waals surface area contributed by atoms with Gasteiger partial charge in [0.05, 0.1) is 4.90 Å². The van der Waals surface area contributed by atoms with E-state index in [9.17, 15) is 18.5 Å². The lowest BCUT2D eigenvalue weighted by Crippen LogP contribution is -2.27. The lowest BCUT2D eigenvalue weighted by Gasteiger charge is -2.25. The summed E-state index contributed by atoms with van der Waals surface area (Å²) >= 11 is 0. The van der Waals surface area contributed by atoms with Gasteiger partial charge in [0.2, 0.25) is 10.0 Å². The summed E-state index contributed by atoms with van der Waals surface area (Å²) in [5, 5.41) is 17.1. The Kier molecular flexibility index (Phi) is 6.93. The molecule has 0 spiro atoms. The summed E-state index contributed by atoms with van der Waals surface area (Å²) in [5.41, 5.74) is 1.36. The minimum absolute atomic E-state index is 0.0554. The van der Waals surface area contributed by atoms with Crippen molar-refractivity contribution in [3.63, 3.8) is 0 Å². The highest BCUT2D eigenvalue weighted by molar-refractivity contribution is 7.89. The number of nitrogens with two attached hydrogens (primary N) is 1. The molecule has 28 heavy (non-hydrogen) atoms. The van der Waals surface area contributed by atoms with Crippen molar-refractivity contribution in [1.29, 1.82) is 5.26 Å². The number of rotatable bonds is 7. The van der Waals surface area contributed by atoms with E-state index in [0.717, 1.165) is 5.56 Å². The van der Waals surface area contributed by atoms with E-state index in [2.05, 4.69) is 5.32 Å². The molecule has 0 unspecified atom stereocenters. The molecule has 3 N–H and O–H groups in total. The average molecular weight is 398 g/mol. The maximum absolute atomic E-state index is 12.5. The number of nitrogens with one attached hydrogen (secondary N) is 1. The summed E-state index contributed by atoms with van der Waals surface area (Å²) in [7, 11) is -3.81. The van der Waals surface area contributed by atoms with Crippen molar-refractivity contribution in [3.05, 3.63) is 71.9 Å². The van der Waals surface area contributed by atoms with Gasteiger partial charge in [-0.15, -0.1) is 0 Å². The molecule has 0 aliphatic rings. The summed E-state index contributed by atoms with van der Waals surface area (Å²) in [6.45, 7) is 4.50. The van der Waals surface area contributed by atoms with Crippen LogP contribution in [0.1, 0.15) is 19.4 Å². The smallest absolute Gasteiger partial charge is 0.267 e. The quantitative estimate of drug-likeness (QED) is 0.549. The molecule has 0 aliphatic heterocycles. The second-order valence-corrected chi connectivity index (χ2v) is 7.99. The van der Waals surface area contributed by atoms with Gasteiger partial charge in [-0.25, -0.2) is 13.6 Å². The molecule has 2 aromatic carbocycles. The molecule has 8 heteroatoms. The van der Waals surface area contributed by atoms with E-state index >= 15 is 0 Å². The molecule has 0 heterocycles. The molecule has 0 fully saturated rings. The normalized spacial score (nSPS) is 11.8. The van der Waals surface area contributed by atoms with Crippen molar-refractivity contribution in [2.45, 2.75) is 31.3 Å². The van der Waals surface area contributed by atoms with Crippen LogP contribution in [0, 0.1) is 11.3 Å². The monoisotopic (exact) mass is 398 g/mol. The topological polar surface area (TPSA) is 116 Å². The molecule has 2 aromatic rings. The van der Waals surface area contributed by atoms with E-state index in [1.165, 1.54) is 30.5 Å². The number of nitrogens with zero attached hydrogens (tertiary/aromatic N) is 2. The predicted octanol–water partition coefficient (Wildman–Crippen LogP) is 2.59. The van der Waals surface area contributed by atoms with Crippen molar-refractivity contribution in [1.82, 2.24) is 4.90 Å². The Morgan fingerprint density at radius 2 is 1.79 bits per heavy atom. The Morgan fingerprint density at radius 1 is 1.18 bits per heavy atom. The zero-order valence-electron chi connectivity index (χ0n) is 15.7. The number of nitriles is 1. The van der Waals surface area contributed by atoms with Gasteiger partial charge in [0.15, 0.2) is 0 Å². The first kappa shape index (κ1) is 21.2. The molecule has 146 valence electrons. The van der Waals surface area contributed by atoms with E-state index < -0.39 is 15.9 Å². The SMILES string of the molecule is CC(C)N(/C=C(/C#N)C(=O)Nc1ccc(S(N)(=O)=O)cc1)Cc1ccccc1. The van der Waals surface area contributed by atoms with Crippen LogP contribution in [0.4, 0.5) is 5.69 Å². The molecule has 0 radical (unpaired) electrons. The first-order valence-corrected chi connectivity index (χ1v) is 10.1. The maximum atomic E-state index is 12.5. The number of hydrogen-bond acceptors (Lipinski definition) is 5. The number of carbonyl (C=O) groups excluding carboxylic acids is 1. The predicted molar refractivity (Wildman–Crippen MR) is 107 cm³/mol. The molecule has 0 aliphatic carbocycles. The minimum atomic E-state index is -3.81. The second-order valence-electron chi connectivity index (χ2n) is 6.43. The van der Waals surface area contributed by atoms with Crippen molar-refractivity contribution in [2.75, 3.05) is 5.32 Å².